The first-order chi connectivity index (χ1) is 47.2. The van der Waals surface area contributed by atoms with Gasteiger partial charge >= 0.3 is 33.6 Å². The number of phosphoric ester groups is 2. The van der Waals surface area contributed by atoms with Crippen LogP contribution in [0.1, 0.15) is 252 Å². The topological polar surface area (TPSA) is 231 Å². The Kier molecular flexibility index (Phi) is 67.0. The molecule has 4 N–H and O–H groups in total. The fraction of sp³-hybridized carbons (Fsp3) is 0.608. The molecule has 5 unspecified atom stereocenters. The van der Waals surface area contributed by atoms with Crippen LogP contribution < -0.4 is 0 Å². The normalized spacial score (nSPS) is 15.1. The number of esters is 3. The van der Waals surface area contributed by atoms with Crippen LogP contribution >= 0.6 is 15.6 Å². The van der Waals surface area contributed by atoms with Crippen LogP contribution in [0.25, 0.3) is 0 Å². The third kappa shape index (κ3) is 72.0. The van der Waals surface area contributed by atoms with E-state index in [1.165, 1.54) is 0 Å². The Morgan fingerprint density at radius 1 is 0.289 bits per heavy atom. The molecule has 5 atom stereocenters. The van der Waals surface area contributed by atoms with Gasteiger partial charge in [-0.05, 0) is 148 Å². The molecule has 0 aromatic heterocycles. The first kappa shape index (κ1) is 91.9. The van der Waals surface area contributed by atoms with Crippen LogP contribution in [0, 0.1) is 0 Å². The third-order valence-corrected chi connectivity index (χ3v) is 16.3. The van der Waals surface area contributed by atoms with Gasteiger partial charge in [0, 0.05) is 19.3 Å². The zero-order valence-corrected chi connectivity index (χ0v) is 61.5. The van der Waals surface area contributed by atoms with E-state index in [0.29, 0.717) is 19.3 Å². The van der Waals surface area contributed by atoms with E-state index in [4.69, 9.17) is 32.3 Å². The highest BCUT2D eigenvalue weighted by Crippen LogP contribution is 2.45. The maximum atomic E-state index is 13.0. The van der Waals surface area contributed by atoms with Crippen molar-refractivity contribution in [1.29, 1.82) is 0 Å². The minimum Gasteiger partial charge on any atom is -0.463 e. The summed E-state index contributed by atoms with van der Waals surface area (Å²) in [5.41, 5.74) is 0. The van der Waals surface area contributed by atoms with Gasteiger partial charge < -0.3 is 34.2 Å². The maximum absolute atomic E-state index is 13.0. The van der Waals surface area contributed by atoms with Gasteiger partial charge in [0.1, 0.15) is 25.4 Å². The van der Waals surface area contributed by atoms with Gasteiger partial charge in [-0.1, -0.05) is 255 Å². The van der Waals surface area contributed by atoms with Gasteiger partial charge in [0.2, 0.25) is 0 Å². The van der Waals surface area contributed by atoms with Crippen LogP contribution in [-0.2, 0) is 55.8 Å². The molecule has 0 saturated carbocycles. The molecule has 0 aliphatic rings. The molecule has 0 aromatic carbocycles. The summed E-state index contributed by atoms with van der Waals surface area (Å²) < 4.78 is 61.0. The lowest BCUT2D eigenvalue weighted by Gasteiger charge is -2.21. The summed E-state index contributed by atoms with van der Waals surface area (Å²) in [6, 6.07) is 0. The van der Waals surface area contributed by atoms with E-state index in [9.17, 15) is 43.5 Å². The first-order valence-corrected chi connectivity index (χ1v) is 39.4. The van der Waals surface area contributed by atoms with Crippen LogP contribution in [-0.4, -0.2) is 95.9 Å². The van der Waals surface area contributed by atoms with Crippen LogP contribution in [0.5, 0.6) is 0 Å². The molecule has 0 saturated heterocycles. The second kappa shape index (κ2) is 70.8. The zero-order valence-electron chi connectivity index (χ0n) is 59.7. The van der Waals surface area contributed by atoms with E-state index in [1.807, 2.05) is 0 Å². The number of carbonyl (C=O) groups excluding carboxylic acids is 3. The summed E-state index contributed by atoms with van der Waals surface area (Å²) in [5.74, 6) is -1.65. The number of hydrogen-bond acceptors (Lipinski definition) is 14. The molecule has 0 heterocycles. The van der Waals surface area contributed by atoms with Gasteiger partial charge in [-0.2, -0.15) is 0 Å². The summed E-state index contributed by atoms with van der Waals surface area (Å²) in [6.07, 6.45) is 88.2. The summed E-state index contributed by atoms with van der Waals surface area (Å²) in [5, 5.41) is 20.6. The van der Waals surface area contributed by atoms with Gasteiger partial charge in [0.15, 0.2) is 6.10 Å². The standard InChI is InChI=1S/C79H128O16P2/c1-4-7-10-13-16-19-22-25-28-31-33-34-35-36-37-38-40-43-44-47-50-53-56-59-62-65-77(82)89-68-74(80)69-91-96(85,86)92-70-75(81)71-93-97(87,88)94-73-76(95-79(84)67-64-61-58-55-52-49-46-41-30-27-24-21-18-15-12-9-6-3)72-90-78(83)66-63-60-57-54-51-48-45-42-39-32-29-26-23-20-17-14-11-8-5-2/h7-12,16-21,25-30,33-34,36-37,39-40,42-43,48,51,74-76,80-81H,4-6,13-15,22-24,31-32,35,38,41,44-47,49-50,52-73H2,1-3H3,(H,85,86)(H,87,88)/b10-7-,11-8-,12-9-,19-16-,20-17-,21-18-,28-25-,29-26-,30-27-,34-33-,37-36-,42-39-,43-40-,51-48-. The van der Waals surface area contributed by atoms with Crippen LogP contribution in [0.4, 0.5) is 0 Å². The molecule has 0 spiro atoms. The molecule has 0 aliphatic heterocycles. The van der Waals surface area contributed by atoms with Gasteiger partial charge in [0.05, 0.1) is 26.4 Å². The quantitative estimate of drug-likeness (QED) is 0.0146. The predicted octanol–water partition coefficient (Wildman–Crippen LogP) is 20.9. The van der Waals surface area contributed by atoms with Crippen molar-refractivity contribution in [3.8, 4) is 0 Å². The van der Waals surface area contributed by atoms with Crippen molar-refractivity contribution in [2.45, 2.75) is 270 Å². The van der Waals surface area contributed by atoms with E-state index < -0.39 is 91.5 Å². The molecule has 0 amide bonds. The van der Waals surface area contributed by atoms with E-state index in [2.05, 4.69) is 191 Å². The minimum absolute atomic E-state index is 0.0789. The molecule has 0 aromatic rings. The molecule has 550 valence electrons. The molecule has 0 radical (unpaired) electrons. The highest BCUT2D eigenvalue weighted by molar-refractivity contribution is 7.47. The lowest BCUT2D eigenvalue weighted by Crippen LogP contribution is -2.30. The molecule has 18 heteroatoms. The number of hydrogen-bond donors (Lipinski definition) is 4. The van der Waals surface area contributed by atoms with Crippen molar-refractivity contribution in [3.05, 3.63) is 170 Å². The van der Waals surface area contributed by atoms with Crippen molar-refractivity contribution >= 4 is 33.6 Å². The predicted molar refractivity (Wildman–Crippen MR) is 398 cm³/mol. The number of carbonyl (C=O) groups is 3. The van der Waals surface area contributed by atoms with Crippen molar-refractivity contribution in [3.63, 3.8) is 0 Å². The Morgan fingerprint density at radius 3 is 0.825 bits per heavy atom. The van der Waals surface area contributed by atoms with Crippen LogP contribution in [0.3, 0.4) is 0 Å². The number of aliphatic hydroxyl groups is 2. The Morgan fingerprint density at radius 2 is 0.515 bits per heavy atom. The number of ether oxygens (including phenoxy) is 3. The lowest BCUT2D eigenvalue weighted by molar-refractivity contribution is -0.161. The SMILES string of the molecule is CC/C=C\C/C=C\C/C=C\C/C=C\C/C=C\C/C=C\CCCCCCCCC(=O)OCC(O)COP(=O)(O)OCC(O)COP(=O)(O)OCC(COC(=O)CCCCC/C=C\C/C=C\C/C=C\C/C=C\C/C=C\CC)OC(=O)CCCCCCCCC/C=C\C/C=C\C/C=C\CC. The number of rotatable bonds is 67. The minimum atomic E-state index is -4.95. The highest BCUT2D eigenvalue weighted by Gasteiger charge is 2.29. The zero-order chi connectivity index (χ0) is 70.9. The van der Waals surface area contributed by atoms with Crippen molar-refractivity contribution in [2.24, 2.45) is 0 Å². The summed E-state index contributed by atoms with van der Waals surface area (Å²) in [6.45, 7) is 2.24. The van der Waals surface area contributed by atoms with Crippen LogP contribution in [0.2, 0.25) is 0 Å². The first-order valence-electron chi connectivity index (χ1n) is 36.4. The third-order valence-electron chi connectivity index (χ3n) is 14.4. The molecule has 0 fully saturated rings. The number of unbranched alkanes of at least 4 members (excludes halogenated alkanes) is 16. The Bertz CT molecular complexity index is 2440. The largest absolute Gasteiger partial charge is 0.472 e. The van der Waals surface area contributed by atoms with E-state index in [-0.39, 0.29) is 19.3 Å². The summed E-state index contributed by atoms with van der Waals surface area (Å²) in [7, 11) is -9.82. The fourth-order valence-corrected chi connectivity index (χ4v) is 10.6. The number of allylic oxidation sites excluding steroid dienone is 28. The van der Waals surface area contributed by atoms with Gasteiger partial charge in [-0.15, -0.1) is 0 Å². The van der Waals surface area contributed by atoms with Crippen molar-refractivity contribution < 1.29 is 75.8 Å². The second-order valence-corrected chi connectivity index (χ2v) is 26.5. The van der Waals surface area contributed by atoms with E-state index >= 15 is 0 Å². The molecule has 97 heavy (non-hydrogen) atoms. The Labute approximate surface area is 586 Å². The van der Waals surface area contributed by atoms with Gasteiger partial charge in [0.25, 0.3) is 0 Å². The fourth-order valence-electron chi connectivity index (χ4n) is 8.97. The lowest BCUT2D eigenvalue weighted by atomic mass is 10.1. The average Bonchev–Trinajstić information content (AvgIpc) is 2.50. The Hall–Kier alpha value is -5.09. The molecule has 0 aliphatic carbocycles. The van der Waals surface area contributed by atoms with Crippen LogP contribution in [0.15, 0.2) is 170 Å². The summed E-state index contributed by atoms with van der Waals surface area (Å²) >= 11 is 0. The smallest absolute Gasteiger partial charge is 0.463 e. The molecular formula is C79H128O16P2. The number of aliphatic hydroxyl groups excluding tert-OH is 2. The van der Waals surface area contributed by atoms with Crippen molar-refractivity contribution in [1.82, 2.24) is 0 Å². The molecular weight excluding hydrogens is 1270 g/mol. The average molecular weight is 1400 g/mol. The van der Waals surface area contributed by atoms with E-state index in [0.717, 1.165) is 193 Å². The van der Waals surface area contributed by atoms with Gasteiger partial charge in [-0.3, -0.25) is 32.5 Å². The monoisotopic (exact) mass is 1390 g/mol. The number of phosphoric acid groups is 2. The highest BCUT2D eigenvalue weighted by atomic mass is 31.2. The van der Waals surface area contributed by atoms with E-state index in [1.54, 1.807) is 0 Å². The molecule has 0 bridgehead atoms. The maximum Gasteiger partial charge on any atom is 0.472 e. The summed E-state index contributed by atoms with van der Waals surface area (Å²) in [4.78, 5) is 58.5. The Balaban J connectivity index is 4.70. The second-order valence-electron chi connectivity index (χ2n) is 23.6. The molecule has 16 nitrogen and oxygen atoms in total. The molecule has 0 rings (SSSR count). The van der Waals surface area contributed by atoms with Crippen molar-refractivity contribution in [2.75, 3.05) is 39.6 Å². The van der Waals surface area contributed by atoms with Gasteiger partial charge in [-0.25, -0.2) is 9.13 Å².